The maximum atomic E-state index is 5.88. The molecule has 1 aromatic carbocycles. The van der Waals surface area contributed by atoms with E-state index in [1.165, 1.54) is 16.8 Å². The van der Waals surface area contributed by atoms with Gasteiger partial charge in [-0.2, -0.15) is 5.10 Å². The van der Waals surface area contributed by atoms with Crippen molar-refractivity contribution in [1.29, 1.82) is 0 Å². The summed E-state index contributed by atoms with van der Waals surface area (Å²) in [7, 11) is 1.96. The van der Waals surface area contributed by atoms with Crippen LogP contribution in [0.4, 0.5) is 0 Å². The van der Waals surface area contributed by atoms with E-state index < -0.39 is 0 Å². The van der Waals surface area contributed by atoms with Crippen molar-refractivity contribution >= 4 is 11.6 Å². The summed E-state index contributed by atoms with van der Waals surface area (Å²) in [4.78, 5) is 0. The molecule has 96 valence electrons. The van der Waals surface area contributed by atoms with Crippen LogP contribution in [0.25, 0.3) is 0 Å². The Hall–Kier alpha value is -1.32. The zero-order chi connectivity index (χ0) is 13.1. The lowest BCUT2D eigenvalue weighted by molar-refractivity contribution is 0.572. The highest BCUT2D eigenvalue weighted by Crippen LogP contribution is 2.17. The molecule has 0 fully saturated rings. The summed E-state index contributed by atoms with van der Waals surface area (Å²) in [6.07, 6.45) is 1.91. The molecule has 0 saturated heterocycles. The topological polar surface area (TPSA) is 29.9 Å². The molecule has 3 nitrogen and oxygen atoms in total. The molecule has 0 aliphatic rings. The molecule has 0 bridgehead atoms. The van der Waals surface area contributed by atoms with Crippen LogP contribution in [0.3, 0.4) is 0 Å². The third kappa shape index (κ3) is 2.92. The second kappa shape index (κ2) is 5.55. The highest BCUT2D eigenvalue weighted by atomic mass is 35.5. The van der Waals surface area contributed by atoms with Gasteiger partial charge in [0.25, 0.3) is 0 Å². The molecular formula is C14H18ClN3. The highest BCUT2D eigenvalue weighted by molar-refractivity contribution is 6.30. The molecule has 1 atom stereocenters. The molecule has 1 aromatic heterocycles. The number of nitrogens with zero attached hydrogens (tertiary/aromatic N) is 2. The van der Waals surface area contributed by atoms with Crippen molar-refractivity contribution in [2.24, 2.45) is 7.05 Å². The van der Waals surface area contributed by atoms with E-state index in [1.54, 1.807) is 0 Å². The van der Waals surface area contributed by atoms with E-state index in [0.717, 1.165) is 11.6 Å². The first-order valence-corrected chi connectivity index (χ1v) is 6.42. The molecule has 0 radical (unpaired) electrons. The molecule has 1 heterocycles. The second-order valence-electron chi connectivity index (χ2n) is 4.53. The first-order chi connectivity index (χ1) is 8.58. The summed E-state index contributed by atoms with van der Waals surface area (Å²) >= 11 is 5.88. The first kappa shape index (κ1) is 13.1. The van der Waals surface area contributed by atoms with Crippen molar-refractivity contribution in [2.45, 2.75) is 26.4 Å². The molecule has 0 aliphatic carbocycles. The van der Waals surface area contributed by atoms with Crippen molar-refractivity contribution in [3.8, 4) is 0 Å². The fraction of sp³-hybridized carbons (Fsp3) is 0.357. The van der Waals surface area contributed by atoms with Crippen molar-refractivity contribution in [3.05, 3.63) is 52.3 Å². The first-order valence-electron chi connectivity index (χ1n) is 6.04. The summed E-state index contributed by atoms with van der Waals surface area (Å²) in [5, 5.41) is 8.50. The number of rotatable bonds is 4. The average molecular weight is 264 g/mol. The highest BCUT2D eigenvalue weighted by Gasteiger charge is 2.07. The van der Waals surface area contributed by atoms with E-state index in [4.69, 9.17) is 11.6 Å². The second-order valence-corrected chi connectivity index (χ2v) is 4.97. The van der Waals surface area contributed by atoms with Crippen LogP contribution < -0.4 is 5.32 Å². The predicted octanol–water partition coefficient (Wildman–Crippen LogP) is 3.23. The van der Waals surface area contributed by atoms with Gasteiger partial charge < -0.3 is 5.32 Å². The molecular weight excluding hydrogens is 246 g/mol. The van der Waals surface area contributed by atoms with Crippen LogP contribution in [0.1, 0.15) is 29.8 Å². The Kier molecular flexibility index (Phi) is 4.04. The third-order valence-corrected chi connectivity index (χ3v) is 3.56. The van der Waals surface area contributed by atoms with Gasteiger partial charge in [0.1, 0.15) is 0 Å². The molecule has 1 N–H and O–H groups in total. The minimum atomic E-state index is 0.293. The summed E-state index contributed by atoms with van der Waals surface area (Å²) in [5.41, 5.74) is 3.67. The Balaban J connectivity index is 1.98. The maximum Gasteiger partial charge on any atom is 0.0537 e. The standard InChI is InChI=1S/C14H18ClN3/c1-10(12-4-6-14(15)7-5-12)16-8-13-9-17-18(3)11(13)2/h4-7,9-10,16H,8H2,1-3H3/t10-/m1/s1. The van der Waals surface area contributed by atoms with E-state index >= 15 is 0 Å². The lowest BCUT2D eigenvalue weighted by Gasteiger charge is -2.14. The number of hydrogen-bond acceptors (Lipinski definition) is 2. The van der Waals surface area contributed by atoms with Gasteiger partial charge in [0.2, 0.25) is 0 Å². The van der Waals surface area contributed by atoms with Crippen molar-refractivity contribution in [3.63, 3.8) is 0 Å². The Morgan fingerprint density at radius 3 is 2.56 bits per heavy atom. The zero-order valence-corrected chi connectivity index (χ0v) is 11.7. The minimum absolute atomic E-state index is 0.293. The average Bonchev–Trinajstić information content (AvgIpc) is 2.68. The molecule has 0 amide bonds. The molecule has 0 saturated carbocycles. The minimum Gasteiger partial charge on any atom is -0.306 e. The number of aromatic nitrogens is 2. The van der Waals surface area contributed by atoms with Crippen LogP contribution in [0, 0.1) is 6.92 Å². The monoisotopic (exact) mass is 263 g/mol. The van der Waals surface area contributed by atoms with Gasteiger partial charge in [0.15, 0.2) is 0 Å². The van der Waals surface area contributed by atoms with Crippen LogP contribution in [-0.4, -0.2) is 9.78 Å². The third-order valence-electron chi connectivity index (χ3n) is 3.31. The molecule has 18 heavy (non-hydrogen) atoms. The molecule has 2 aromatic rings. The van der Waals surface area contributed by atoms with Crippen LogP contribution in [0.5, 0.6) is 0 Å². The van der Waals surface area contributed by atoms with Gasteiger partial charge in [-0.3, -0.25) is 4.68 Å². The van der Waals surface area contributed by atoms with Crippen LogP contribution in [0.2, 0.25) is 5.02 Å². The Morgan fingerprint density at radius 2 is 2.00 bits per heavy atom. The molecule has 0 unspecified atom stereocenters. The number of benzene rings is 1. The lowest BCUT2D eigenvalue weighted by Crippen LogP contribution is -2.18. The van der Waals surface area contributed by atoms with Gasteiger partial charge in [-0.1, -0.05) is 23.7 Å². The number of halogens is 1. The van der Waals surface area contributed by atoms with Crippen LogP contribution >= 0.6 is 11.6 Å². The summed E-state index contributed by atoms with van der Waals surface area (Å²) in [6.45, 7) is 5.05. The van der Waals surface area contributed by atoms with Crippen LogP contribution in [0.15, 0.2) is 30.5 Å². The molecule has 0 aliphatic heterocycles. The van der Waals surface area contributed by atoms with Crippen LogP contribution in [-0.2, 0) is 13.6 Å². The summed E-state index contributed by atoms with van der Waals surface area (Å²) in [6, 6.07) is 8.24. The number of hydrogen-bond donors (Lipinski definition) is 1. The van der Waals surface area contributed by atoms with E-state index in [-0.39, 0.29) is 0 Å². The van der Waals surface area contributed by atoms with E-state index in [1.807, 2.05) is 30.1 Å². The van der Waals surface area contributed by atoms with Gasteiger partial charge in [0.05, 0.1) is 6.20 Å². The van der Waals surface area contributed by atoms with Gasteiger partial charge in [-0.05, 0) is 31.5 Å². The molecule has 2 rings (SSSR count). The van der Waals surface area contributed by atoms with E-state index in [9.17, 15) is 0 Å². The fourth-order valence-electron chi connectivity index (χ4n) is 1.85. The summed E-state index contributed by atoms with van der Waals surface area (Å²) < 4.78 is 1.89. The molecule has 0 spiro atoms. The Labute approximate surface area is 113 Å². The van der Waals surface area contributed by atoms with Gasteiger partial charge in [-0.15, -0.1) is 0 Å². The van der Waals surface area contributed by atoms with Crippen molar-refractivity contribution in [2.75, 3.05) is 0 Å². The van der Waals surface area contributed by atoms with Gasteiger partial charge >= 0.3 is 0 Å². The van der Waals surface area contributed by atoms with Gasteiger partial charge in [-0.25, -0.2) is 0 Å². The Bertz CT molecular complexity index is 516. The normalized spacial score (nSPS) is 12.7. The van der Waals surface area contributed by atoms with E-state index in [0.29, 0.717) is 6.04 Å². The van der Waals surface area contributed by atoms with E-state index in [2.05, 4.69) is 36.4 Å². The fourth-order valence-corrected chi connectivity index (χ4v) is 1.98. The number of nitrogens with one attached hydrogen (secondary N) is 1. The smallest absolute Gasteiger partial charge is 0.0537 e. The Morgan fingerprint density at radius 1 is 1.33 bits per heavy atom. The maximum absolute atomic E-state index is 5.88. The van der Waals surface area contributed by atoms with Gasteiger partial charge in [0, 0.05) is 35.9 Å². The zero-order valence-electron chi connectivity index (χ0n) is 10.9. The molecule has 4 heteroatoms. The predicted molar refractivity (Wildman–Crippen MR) is 74.7 cm³/mol. The quantitative estimate of drug-likeness (QED) is 0.918. The van der Waals surface area contributed by atoms with Crippen molar-refractivity contribution < 1.29 is 0 Å². The largest absolute Gasteiger partial charge is 0.306 e. The lowest BCUT2D eigenvalue weighted by atomic mass is 10.1. The van der Waals surface area contributed by atoms with Crippen molar-refractivity contribution in [1.82, 2.24) is 15.1 Å². The SMILES string of the molecule is Cc1c(CN[C@H](C)c2ccc(Cl)cc2)cnn1C. The summed E-state index contributed by atoms with van der Waals surface area (Å²) in [5.74, 6) is 0. The number of aryl methyl sites for hydroxylation is 1.